The van der Waals surface area contributed by atoms with Crippen molar-refractivity contribution in [2.75, 3.05) is 13.1 Å². The normalized spacial score (nSPS) is 18.8. The third-order valence-electron chi connectivity index (χ3n) is 5.04. The summed E-state index contributed by atoms with van der Waals surface area (Å²) < 4.78 is 0. The number of aromatic hydroxyl groups is 1. The molecule has 2 atom stereocenters. The molecule has 0 unspecified atom stereocenters. The molecule has 1 heterocycles. The summed E-state index contributed by atoms with van der Waals surface area (Å²) in [5.74, 6) is 0.224. The van der Waals surface area contributed by atoms with Gasteiger partial charge in [0.25, 0.3) is 0 Å². The first-order valence-electron chi connectivity index (χ1n) is 9.11. The van der Waals surface area contributed by atoms with Crippen LogP contribution in [0.1, 0.15) is 37.0 Å². The molecule has 2 aromatic carbocycles. The molecule has 0 saturated carbocycles. The highest BCUT2D eigenvalue weighted by Gasteiger charge is 2.23. The van der Waals surface area contributed by atoms with E-state index < -0.39 is 6.10 Å². The average molecular weight is 340 g/mol. The number of hydrogen-bond donors (Lipinski definition) is 3. The van der Waals surface area contributed by atoms with Crippen LogP contribution in [-0.2, 0) is 6.54 Å². The van der Waals surface area contributed by atoms with E-state index in [-0.39, 0.29) is 11.8 Å². The number of piperidine rings is 1. The van der Waals surface area contributed by atoms with Crippen LogP contribution in [-0.4, -0.2) is 40.3 Å². The minimum atomic E-state index is -0.567. The van der Waals surface area contributed by atoms with E-state index in [2.05, 4.69) is 40.5 Å². The van der Waals surface area contributed by atoms with Gasteiger partial charge in [-0.1, -0.05) is 42.5 Å². The molecule has 1 fully saturated rings. The minimum Gasteiger partial charge on any atom is -0.508 e. The van der Waals surface area contributed by atoms with Crippen LogP contribution in [0.4, 0.5) is 0 Å². The Labute approximate surface area is 150 Å². The predicted octanol–water partition coefficient (Wildman–Crippen LogP) is 3.07. The Balaban J connectivity index is 1.46. The highest BCUT2D eigenvalue weighted by atomic mass is 16.3. The Hall–Kier alpha value is -1.88. The van der Waals surface area contributed by atoms with E-state index in [1.165, 1.54) is 5.56 Å². The highest BCUT2D eigenvalue weighted by molar-refractivity contribution is 5.27. The van der Waals surface area contributed by atoms with E-state index in [1.54, 1.807) is 24.3 Å². The molecule has 4 heteroatoms. The summed E-state index contributed by atoms with van der Waals surface area (Å²) in [6.07, 6.45) is 1.63. The van der Waals surface area contributed by atoms with Crippen molar-refractivity contribution >= 4 is 0 Å². The number of nitrogens with one attached hydrogen (secondary N) is 1. The Morgan fingerprint density at radius 2 is 1.68 bits per heavy atom. The molecule has 1 aliphatic heterocycles. The fourth-order valence-electron chi connectivity index (χ4n) is 3.52. The lowest BCUT2D eigenvalue weighted by molar-refractivity contribution is 0.114. The van der Waals surface area contributed by atoms with Gasteiger partial charge in [-0.3, -0.25) is 4.90 Å². The van der Waals surface area contributed by atoms with Crippen LogP contribution < -0.4 is 5.32 Å². The molecule has 134 valence electrons. The number of phenolic OH excluding ortho intramolecular Hbond substituents is 1. The van der Waals surface area contributed by atoms with Crippen LogP contribution in [0.2, 0.25) is 0 Å². The third kappa shape index (κ3) is 5.05. The number of aliphatic hydroxyl groups excluding tert-OH is 1. The molecule has 4 nitrogen and oxygen atoms in total. The lowest BCUT2D eigenvalue weighted by atomic mass is 9.99. The third-order valence-corrected chi connectivity index (χ3v) is 5.04. The standard InChI is InChI=1S/C21H28N2O2/c1-16(21(25)18-7-9-20(24)10-8-18)22-19-11-13-23(14-12-19)15-17-5-3-2-4-6-17/h2-10,16,19,21-22,24-25H,11-15H2,1H3/t16-,21+/m1/s1. The Kier molecular flexibility index (Phi) is 6.08. The second-order valence-corrected chi connectivity index (χ2v) is 7.03. The molecule has 3 rings (SSSR count). The van der Waals surface area contributed by atoms with E-state index in [1.807, 2.05) is 6.92 Å². The van der Waals surface area contributed by atoms with E-state index in [0.29, 0.717) is 6.04 Å². The maximum absolute atomic E-state index is 10.5. The molecule has 25 heavy (non-hydrogen) atoms. The number of hydrogen-bond acceptors (Lipinski definition) is 4. The van der Waals surface area contributed by atoms with Crippen molar-refractivity contribution in [1.29, 1.82) is 0 Å². The highest BCUT2D eigenvalue weighted by Crippen LogP contribution is 2.21. The number of rotatable bonds is 6. The van der Waals surface area contributed by atoms with Gasteiger partial charge in [0, 0.05) is 18.6 Å². The quantitative estimate of drug-likeness (QED) is 0.756. The Bertz CT molecular complexity index is 637. The number of phenols is 1. The molecule has 0 spiro atoms. The van der Waals surface area contributed by atoms with Gasteiger partial charge in [-0.15, -0.1) is 0 Å². The van der Waals surface area contributed by atoms with Gasteiger partial charge in [-0.25, -0.2) is 0 Å². The van der Waals surface area contributed by atoms with Gasteiger partial charge >= 0.3 is 0 Å². The van der Waals surface area contributed by atoms with Crippen LogP contribution in [0, 0.1) is 0 Å². The lowest BCUT2D eigenvalue weighted by Crippen LogP contribution is -2.46. The molecule has 0 bridgehead atoms. The number of benzene rings is 2. The van der Waals surface area contributed by atoms with Crippen LogP contribution in [0.3, 0.4) is 0 Å². The fraction of sp³-hybridized carbons (Fsp3) is 0.429. The first kappa shape index (κ1) is 17.9. The predicted molar refractivity (Wildman–Crippen MR) is 100 cm³/mol. The number of nitrogens with zero attached hydrogens (tertiary/aromatic N) is 1. The molecule has 0 aliphatic carbocycles. The van der Waals surface area contributed by atoms with Gasteiger partial charge in [-0.05, 0) is 56.1 Å². The van der Waals surface area contributed by atoms with Crippen molar-refractivity contribution in [3.63, 3.8) is 0 Å². The molecule has 1 saturated heterocycles. The summed E-state index contributed by atoms with van der Waals surface area (Å²) in [5.41, 5.74) is 2.20. The van der Waals surface area contributed by atoms with E-state index in [9.17, 15) is 10.2 Å². The number of aliphatic hydroxyl groups is 1. The first-order chi connectivity index (χ1) is 12.1. The zero-order chi connectivity index (χ0) is 17.6. The van der Waals surface area contributed by atoms with Gasteiger partial charge in [0.15, 0.2) is 0 Å². The summed E-state index contributed by atoms with van der Waals surface area (Å²) in [4.78, 5) is 2.49. The summed E-state index contributed by atoms with van der Waals surface area (Å²) in [6.45, 7) is 5.19. The molecule has 0 radical (unpaired) electrons. The average Bonchev–Trinajstić information content (AvgIpc) is 2.64. The van der Waals surface area contributed by atoms with Crippen molar-refractivity contribution in [3.8, 4) is 5.75 Å². The summed E-state index contributed by atoms with van der Waals surface area (Å²) >= 11 is 0. The van der Waals surface area contributed by atoms with Crippen molar-refractivity contribution < 1.29 is 10.2 Å². The van der Waals surface area contributed by atoms with Crippen LogP contribution in [0.5, 0.6) is 5.75 Å². The largest absolute Gasteiger partial charge is 0.508 e. The second kappa shape index (κ2) is 8.48. The topological polar surface area (TPSA) is 55.7 Å². The number of likely N-dealkylation sites (tertiary alicyclic amines) is 1. The Morgan fingerprint density at radius 3 is 2.32 bits per heavy atom. The van der Waals surface area contributed by atoms with Crippen LogP contribution in [0.25, 0.3) is 0 Å². The second-order valence-electron chi connectivity index (χ2n) is 7.03. The molecule has 3 N–H and O–H groups in total. The van der Waals surface area contributed by atoms with Crippen molar-refractivity contribution in [2.45, 2.75) is 44.5 Å². The SMILES string of the molecule is C[C@@H](NC1CCN(Cc2ccccc2)CC1)[C@H](O)c1ccc(O)cc1. The zero-order valence-corrected chi connectivity index (χ0v) is 14.8. The smallest absolute Gasteiger partial charge is 0.115 e. The first-order valence-corrected chi connectivity index (χ1v) is 9.11. The van der Waals surface area contributed by atoms with Crippen molar-refractivity contribution in [1.82, 2.24) is 10.2 Å². The van der Waals surface area contributed by atoms with Crippen molar-refractivity contribution in [3.05, 3.63) is 65.7 Å². The maximum Gasteiger partial charge on any atom is 0.115 e. The van der Waals surface area contributed by atoms with E-state index in [4.69, 9.17) is 0 Å². The minimum absolute atomic E-state index is 0.0183. The van der Waals surface area contributed by atoms with Gasteiger partial charge in [-0.2, -0.15) is 0 Å². The molecule has 0 aromatic heterocycles. The summed E-state index contributed by atoms with van der Waals surface area (Å²) in [7, 11) is 0. The van der Waals surface area contributed by atoms with Crippen LogP contribution in [0.15, 0.2) is 54.6 Å². The van der Waals surface area contributed by atoms with Gasteiger partial charge < -0.3 is 15.5 Å². The van der Waals surface area contributed by atoms with E-state index >= 15 is 0 Å². The maximum atomic E-state index is 10.5. The van der Waals surface area contributed by atoms with Crippen molar-refractivity contribution in [2.24, 2.45) is 0 Å². The van der Waals surface area contributed by atoms with Gasteiger partial charge in [0.1, 0.15) is 5.75 Å². The van der Waals surface area contributed by atoms with Crippen LogP contribution >= 0.6 is 0 Å². The monoisotopic (exact) mass is 340 g/mol. The molecule has 0 amide bonds. The fourth-order valence-corrected chi connectivity index (χ4v) is 3.52. The van der Waals surface area contributed by atoms with Gasteiger partial charge in [0.05, 0.1) is 6.10 Å². The molecule has 2 aromatic rings. The molecular formula is C21H28N2O2. The summed E-state index contributed by atoms with van der Waals surface area (Å²) in [6, 6.07) is 17.8. The molecular weight excluding hydrogens is 312 g/mol. The van der Waals surface area contributed by atoms with E-state index in [0.717, 1.165) is 38.0 Å². The summed E-state index contributed by atoms with van der Waals surface area (Å²) in [5, 5.41) is 23.4. The lowest BCUT2D eigenvalue weighted by Gasteiger charge is -2.35. The zero-order valence-electron chi connectivity index (χ0n) is 14.8. The van der Waals surface area contributed by atoms with Gasteiger partial charge in [0.2, 0.25) is 0 Å². The Morgan fingerprint density at radius 1 is 1.04 bits per heavy atom. The molecule has 1 aliphatic rings.